The molecule has 0 saturated heterocycles. The summed E-state index contributed by atoms with van der Waals surface area (Å²) in [7, 11) is 3.23. The average molecular weight is 354 g/mol. The van der Waals surface area contributed by atoms with Crippen molar-refractivity contribution in [2.75, 3.05) is 20.8 Å². The number of ether oxygens (including phenoxy) is 3. The van der Waals surface area contributed by atoms with E-state index in [1.54, 1.807) is 14.2 Å². The van der Waals surface area contributed by atoms with Crippen molar-refractivity contribution < 1.29 is 14.2 Å². The fourth-order valence-corrected chi connectivity index (χ4v) is 2.62. The summed E-state index contributed by atoms with van der Waals surface area (Å²) in [6.45, 7) is 2.46. The van der Waals surface area contributed by atoms with Crippen molar-refractivity contribution in [3.05, 3.63) is 53.9 Å². The molecule has 0 aliphatic heterocycles. The standard InChI is InChI=1S/C19H22N4O3/c1-4-26-16-11-13(8-9-15(16)25-3)18-21-19(23-22-18)17(20)12-6-5-7-14(10-12)24-2/h5-11,17H,4,20H2,1-3H3,(H,21,22,23)/t17-/m1/s1. The maximum Gasteiger partial charge on any atom is 0.181 e. The number of aromatic amines is 1. The van der Waals surface area contributed by atoms with Crippen molar-refractivity contribution in [3.8, 4) is 28.6 Å². The van der Waals surface area contributed by atoms with Gasteiger partial charge in [0.1, 0.15) is 11.6 Å². The first kappa shape index (κ1) is 17.8. The van der Waals surface area contributed by atoms with Crippen LogP contribution >= 0.6 is 0 Å². The topological polar surface area (TPSA) is 95.3 Å². The van der Waals surface area contributed by atoms with Crippen LogP contribution in [0, 0.1) is 0 Å². The van der Waals surface area contributed by atoms with Gasteiger partial charge in [0.15, 0.2) is 17.3 Å². The van der Waals surface area contributed by atoms with Crippen molar-refractivity contribution in [1.29, 1.82) is 0 Å². The van der Waals surface area contributed by atoms with E-state index in [0.717, 1.165) is 16.9 Å². The molecular weight excluding hydrogens is 332 g/mol. The minimum atomic E-state index is -0.434. The summed E-state index contributed by atoms with van der Waals surface area (Å²) in [5.74, 6) is 3.17. The Morgan fingerprint density at radius 3 is 2.65 bits per heavy atom. The molecule has 0 radical (unpaired) electrons. The molecule has 7 nitrogen and oxygen atoms in total. The third-order valence-corrected chi connectivity index (χ3v) is 3.97. The van der Waals surface area contributed by atoms with E-state index in [4.69, 9.17) is 19.9 Å². The third kappa shape index (κ3) is 3.62. The van der Waals surface area contributed by atoms with Crippen molar-refractivity contribution >= 4 is 0 Å². The fourth-order valence-electron chi connectivity index (χ4n) is 2.62. The second-order valence-electron chi connectivity index (χ2n) is 5.60. The normalized spacial score (nSPS) is 11.8. The Morgan fingerprint density at radius 2 is 1.92 bits per heavy atom. The highest BCUT2D eigenvalue weighted by Crippen LogP contribution is 2.32. The largest absolute Gasteiger partial charge is 0.497 e. The molecule has 3 N–H and O–H groups in total. The second kappa shape index (κ2) is 7.88. The molecule has 0 amide bonds. The van der Waals surface area contributed by atoms with Crippen LogP contribution in [0.2, 0.25) is 0 Å². The van der Waals surface area contributed by atoms with Gasteiger partial charge in [-0.15, -0.1) is 0 Å². The number of methoxy groups -OCH3 is 2. The van der Waals surface area contributed by atoms with E-state index in [1.165, 1.54) is 0 Å². The Hall–Kier alpha value is -3.06. The molecule has 0 aliphatic carbocycles. The van der Waals surface area contributed by atoms with Crippen LogP contribution in [-0.4, -0.2) is 36.0 Å². The molecule has 26 heavy (non-hydrogen) atoms. The van der Waals surface area contributed by atoms with E-state index in [-0.39, 0.29) is 0 Å². The Labute approximate surface area is 152 Å². The highest BCUT2D eigenvalue weighted by molar-refractivity contribution is 5.61. The van der Waals surface area contributed by atoms with Gasteiger partial charge in [-0.3, -0.25) is 5.10 Å². The molecule has 3 aromatic rings. The predicted octanol–water partition coefficient (Wildman–Crippen LogP) is 2.94. The summed E-state index contributed by atoms with van der Waals surface area (Å²) in [6, 6.07) is 12.7. The molecule has 136 valence electrons. The number of nitrogens with two attached hydrogens (primary N) is 1. The zero-order chi connectivity index (χ0) is 18.5. The van der Waals surface area contributed by atoms with Crippen LogP contribution in [0.25, 0.3) is 11.4 Å². The summed E-state index contributed by atoms with van der Waals surface area (Å²) in [6.07, 6.45) is 0. The van der Waals surface area contributed by atoms with Gasteiger partial charge < -0.3 is 19.9 Å². The molecule has 0 saturated carbocycles. The lowest BCUT2D eigenvalue weighted by molar-refractivity contribution is 0.311. The van der Waals surface area contributed by atoms with Crippen molar-refractivity contribution in [2.24, 2.45) is 5.73 Å². The van der Waals surface area contributed by atoms with Gasteiger partial charge in [-0.1, -0.05) is 12.1 Å². The molecule has 1 atom stereocenters. The smallest absolute Gasteiger partial charge is 0.181 e. The number of H-pyrrole nitrogens is 1. The van der Waals surface area contributed by atoms with Gasteiger partial charge in [0.2, 0.25) is 0 Å². The molecule has 0 unspecified atom stereocenters. The van der Waals surface area contributed by atoms with Crippen molar-refractivity contribution in [3.63, 3.8) is 0 Å². The lowest BCUT2D eigenvalue weighted by Gasteiger charge is -2.10. The van der Waals surface area contributed by atoms with Gasteiger partial charge in [-0.05, 0) is 42.8 Å². The lowest BCUT2D eigenvalue weighted by Crippen LogP contribution is -2.13. The number of nitrogens with zero attached hydrogens (tertiary/aromatic N) is 2. The summed E-state index contributed by atoms with van der Waals surface area (Å²) < 4.78 is 16.2. The summed E-state index contributed by atoms with van der Waals surface area (Å²) in [5, 5.41) is 7.21. The van der Waals surface area contributed by atoms with Crippen LogP contribution in [-0.2, 0) is 0 Å². The van der Waals surface area contributed by atoms with Gasteiger partial charge >= 0.3 is 0 Å². The Bertz CT molecular complexity index is 879. The SMILES string of the molecule is CCOc1cc(-c2n[nH]c([C@H](N)c3cccc(OC)c3)n2)ccc1OC. The Balaban J connectivity index is 1.88. The van der Waals surface area contributed by atoms with Gasteiger partial charge in [0, 0.05) is 5.56 Å². The number of benzene rings is 2. The van der Waals surface area contributed by atoms with E-state index in [1.807, 2.05) is 49.4 Å². The molecular formula is C19H22N4O3. The zero-order valence-electron chi connectivity index (χ0n) is 15.0. The van der Waals surface area contributed by atoms with E-state index in [0.29, 0.717) is 29.8 Å². The van der Waals surface area contributed by atoms with Crippen LogP contribution in [0.5, 0.6) is 17.2 Å². The molecule has 0 fully saturated rings. The number of hydrogen-bond acceptors (Lipinski definition) is 6. The van der Waals surface area contributed by atoms with Crippen LogP contribution in [0.4, 0.5) is 0 Å². The molecule has 0 bridgehead atoms. The summed E-state index contributed by atoms with van der Waals surface area (Å²) in [4.78, 5) is 4.54. The quantitative estimate of drug-likeness (QED) is 0.677. The lowest BCUT2D eigenvalue weighted by atomic mass is 10.1. The van der Waals surface area contributed by atoms with Gasteiger partial charge in [-0.2, -0.15) is 5.10 Å². The highest BCUT2D eigenvalue weighted by atomic mass is 16.5. The first-order valence-electron chi connectivity index (χ1n) is 8.29. The molecule has 1 heterocycles. The third-order valence-electron chi connectivity index (χ3n) is 3.97. The predicted molar refractivity (Wildman–Crippen MR) is 98.6 cm³/mol. The number of nitrogens with one attached hydrogen (secondary N) is 1. The molecule has 0 spiro atoms. The van der Waals surface area contributed by atoms with E-state index >= 15 is 0 Å². The van der Waals surface area contributed by atoms with E-state index in [9.17, 15) is 0 Å². The fraction of sp³-hybridized carbons (Fsp3) is 0.263. The number of hydrogen-bond donors (Lipinski definition) is 2. The van der Waals surface area contributed by atoms with Crippen LogP contribution in [0.15, 0.2) is 42.5 Å². The summed E-state index contributed by atoms with van der Waals surface area (Å²) >= 11 is 0. The highest BCUT2D eigenvalue weighted by Gasteiger charge is 2.16. The zero-order valence-corrected chi connectivity index (χ0v) is 15.0. The summed E-state index contributed by atoms with van der Waals surface area (Å²) in [5.41, 5.74) is 8.02. The molecule has 3 rings (SSSR count). The molecule has 1 aromatic heterocycles. The van der Waals surface area contributed by atoms with E-state index < -0.39 is 6.04 Å². The maximum absolute atomic E-state index is 6.32. The molecule has 0 aliphatic rings. The monoisotopic (exact) mass is 354 g/mol. The van der Waals surface area contributed by atoms with E-state index in [2.05, 4.69) is 15.2 Å². The van der Waals surface area contributed by atoms with Crippen molar-refractivity contribution in [2.45, 2.75) is 13.0 Å². The second-order valence-corrected chi connectivity index (χ2v) is 5.60. The van der Waals surface area contributed by atoms with Gasteiger partial charge in [-0.25, -0.2) is 4.98 Å². The van der Waals surface area contributed by atoms with Crippen LogP contribution in [0.3, 0.4) is 0 Å². The molecule has 2 aromatic carbocycles. The average Bonchev–Trinajstić information content (AvgIpc) is 3.18. The van der Waals surface area contributed by atoms with Gasteiger partial charge in [0.25, 0.3) is 0 Å². The Kier molecular flexibility index (Phi) is 5.38. The van der Waals surface area contributed by atoms with Gasteiger partial charge in [0.05, 0.1) is 26.9 Å². The first-order chi connectivity index (χ1) is 12.7. The minimum absolute atomic E-state index is 0.434. The Morgan fingerprint density at radius 1 is 1.08 bits per heavy atom. The number of aromatic nitrogens is 3. The van der Waals surface area contributed by atoms with Crippen LogP contribution < -0.4 is 19.9 Å². The number of rotatable bonds is 7. The first-order valence-corrected chi connectivity index (χ1v) is 8.29. The van der Waals surface area contributed by atoms with Crippen molar-refractivity contribution in [1.82, 2.24) is 15.2 Å². The molecule has 7 heteroatoms. The minimum Gasteiger partial charge on any atom is -0.497 e. The van der Waals surface area contributed by atoms with Crippen LogP contribution in [0.1, 0.15) is 24.4 Å². The maximum atomic E-state index is 6.32.